The lowest BCUT2D eigenvalue weighted by atomic mass is 9.95. The predicted molar refractivity (Wildman–Crippen MR) is 137 cm³/mol. The van der Waals surface area contributed by atoms with Crippen LogP contribution in [0.5, 0.6) is 0 Å². The Morgan fingerprint density at radius 1 is 1.11 bits per heavy atom. The lowest BCUT2D eigenvalue weighted by Crippen LogP contribution is -2.47. The van der Waals surface area contributed by atoms with Crippen molar-refractivity contribution < 1.29 is 9.90 Å². The topological polar surface area (TPSA) is 89.2 Å². The number of piperidine rings is 1. The number of rotatable bonds is 7. The quantitative estimate of drug-likeness (QED) is 0.508. The van der Waals surface area contributed by atoms with Crippen LogP contribution < -0.4 is 10.2 Å². The average molecular weight is 476 g/mol. The molecule has 3 aromatic rings. The SMILES string of the molecule is C=CC(=O)N1CCCC(c2cnc3cnc(Nc4ccc(N5CCN(CCO)CC5)cc4)cn23)C1. The molecule has 184 valence electrons. The number of fused-ring (bicyclic) bond motifs is 1. The zero-order chi connectivity index (χ0) is 24.2. The van der Waals surface area contributed by atoms with E-state index in [1.165, 1.54) is 11.8 Å². The van der Waals surface area contributed by atoms with E-state index in [2.05, 4.69) is 60.3 Å². The Balaban J connectivity index is 1.27. The van der Waals surface area contributed by atoms with Gasteiger partial charge >= 0.3 is 0 Å². The van der Waals surface area contributed by atoms with Crippen LogP contribution in [0.1, 0.15) is 24.5 Å². The molecular weight excluding hydrogens is 442 g/mol. The predicted octanol–water partition coefficient (Wildman–Crippen LogP) is 2.48. The van der Waals surface area contributed by atoms with E-state index in [-0.39, 0.29) is 18.4 Å². The molecule has 0 spiro atoms. The normalized spacial score (nSPS) is 19.2. The Kier molecular flexibility index (Phi) is 6.96. The Bertz CT molecular complexity index is 1170. The van der Waals surface area contributed by atoms with Gasteiger partial charge in [0.2, 0.25) is 5.91 Å². The molecule has 9 nitrogen and oxygen atoms in total. The van der Waals surface area contributed by atoms with Gasteiger partial charge < -0.3 is 20.2 Å². The molecule has 0 saturated carbocycles. The van der Waals surface area contributed by atoms with E-state index in [4.69, 9.17) is 5.11 Å². The summed E-state index contributed by atoms with van der Waals surface area (Å²) in [5, 5.41) is 12.5. The highest BCUT2D eigenvalue weighted by Crippen LogP contribution is 2.28. The van der Waals surface area contributed by atoms with Gasteiger partial charge in [0.1, 0.15) is 5.82 Å². The maximum absolute atomic E-state index is 12.1. The van der Waals surface area contributed by atoms with E-state index in [0.29, 0.717) is 6.54 Å². The molecule has 0 radical (unpaired) electrons. The standard InChI is InChI=1S/C26H33N7O2/c1-2-26(35)32-9-3-4-20(18-32)23-16-28-25-17-27-24(19-33(23)25)29-21-5-7-22(8-6-21)31-12-10-30(11-13-31)14-15-34/h2,5-8,16-17,19-20,29,34H,1,3-4,9-15,18H2. The number of imidazole rings is 1. The fourth-order valence-electron chi connectivity index (χ4n) is 5.10. The highest BCUT2D eigenvalue weighted by atomic mass is 16.3. The molecule has 2 fully saturated rings. The molecule has 2 aliphatic rings. The minimum Gasteiger partial charge on any atom is -0.395 e. The molecule has 5 rings (SSSR count). The van der Waals surface area contributed by atoms with E-state index in [1.807, 2.05) is 17.3 Å². The highest BCUT2D eigenvalue weighted by Gasteiger charge is 2.26. The van der Waals surface area contributed by atoms with E-state index < -0.39 is 0 Å². The first-order valence-electron chi connectivity index (χ1n) is 12.3. The molecule has 0 aliphatic carbocycles. The molecule has 1 unspecified atom stereocenters. The van der Waals surface area contributed by atoms with Crippen LogP contribution in [0.15, 0.2) is 55.5 Å². The van der Waals surface area contributed by atoms with Gasteiger partial charge in [0.25, 0.3) is 0 Å². The van der Waals surface area contributed by atoms with Crippen molar-refractivity contribution in [2.24, 2.45) is 0 Å². The molecule has 9 heteroatoms. The van der Waals surface area contributed by atoms with Gasteiger partial charge in [0, 0.05) is 75.0 Å². The number of anilines is 3. The summed E-state index contributed by atoms with van der Waals surface area (Å²) in [5.41, 5.74) is 4.08. The van der Waals surface area contributed by atoms with Gasteiger partial charge in [0.15, 0.2) is 5.65 Å². The van der Waals surface area contributed by atoms with Gasteiger partial charge in [-0.05, 0) is 43.2 Å². The fraction of sp³-hybridized carbons (Fsp3) is 0.423. The number of aliphatic hydroxyl groups is 1. The molecular formula is C26H33N7O2. The summed E-state index contributed by atoms with van der Waals surface area (Å²) in [5.74, 6) is 0.968. The van der Waals surface area contributed by atoms with Crippen molar-refractivity contribution in [2.75, 3.05) is 62.6 Å². The van der Waals surface area contributed by atoms with Crippen LogP contribution in [0.4, 0.5) is 17.2 Å². The molecule has 0 bridgehead atoms. The van der Waals surface area contributed by atoms with Gasteiger partial charge in [-0.25, -0.2) is 9.97 Å². The third kappa shape index (κ3) is 5.16. The van der Waals surface area contributed by atoms with Crippen molar-refractivity contribution in [3.05, 3.63) is 61.2 Å². The summed E-state index contributed by atoms with van der Waals surface area (Å²) >= 11 is 0. The second-order valence-corrected chi connectivity index (χ2v) is 9.24. The number of likely N-dealkylation sites (tertiary alicyclic amines) is 1. The van der Waals surface area contributed by atoms with Crippen LogP contribution in [0.2, 0.25) is 0 Å². The average Bonchev–Trinajstić information content (AvgIpc) is 3.33. The third-order valence-corrected chi connectivity index (χ3v) is 7.04. The molecule has 2 N–H and O–H groups in total. The largest absolute Gasteiger partial charge is 0.395 e. The van der Waals surface area contributed by atoms with Crippen molar-refractivity contribution in [1.82, 2.24) is 24.2 Å². The van der Waals surface area contributed by atoms with E-state index >= 15 is 0 Å². The molecule has 2 aromatic heterocycles. The fourth-order valence-corrected chi connectivity index (χ4v) is 5.10. The van der Waals surface area contributed by atoms with Gasteiger partial charge in [-0.1, -0.05) is 6.58 Å². The van der Waals surface area contributed by atoms with Crippen LogP contribution in [-0.4, -0.2) is 87.6 Å². The Morgan fingerprint density at radius 2 is 1.91 bits per heavy atom. The number of carbonyl (C=O) groups excluding carboxylic acids is 1. The van der Waals surface area contributed by atoms with E-state index in [9.17, 15) is 4.79 Å². The summed E-state index contributed by atoms with van der Waals surface area (Å²) in [6.07, 6.45) is 9.06. The van der Waals surface area contributed by atoms with Crippen LogP contribution in [-0.2, 0) is 4.79 Å². The first-order chi connectivity index (χ1) is 17.1. The first-order valence-corrected chi connectivity index (χ1v) is 12.3. The first kappa shape index (κ1) is 23.3. The van der Waals surface area contributed by atoms with E-state index in [1.54, 1.807) is 6.20 Å². The molecule has 2 aliphatic heterocycles. The number of nitrogens with one attached hydrogen (secondary N) is 1. The molecule has 4 heterocycles. The summed E-state index contributed by atoms with van der Waals surface area (Å²) in [7, 11) is 0. The lowest BCUT2D eigenvalue weighted by Gasteiger charge is -2.35. The van der Waals surface area contributed by atoms with Crippen LogP contribution >= 0.6 is 0 Å². The maximum atomic E-state index is 12.1. The zero-order valence-corrected chi connectivity index (χ0v) is 20.0. The van der Waals surface area contributed by atoms with Crippen molar-refractivity contribution in [3.63, 3.8) is 0 Å². The Morgan fingerprint density at radius 3 is 2.66 bits per heavy atom. The second-order valence-electron chi connectivity index (χ2n) is 9.24. The number of benzene rings is 1. The lowest BCUT2D eigenvalue weighted by molar-refractivity contribution is -0.127. The van der Waals surface area contributed by atoms with E-state index in [0.717, 1.165) is 75.0 Å². The van der Waals surface area contributed by atoms with Crippen molar-refractivity contribution >= 4 is 28.7 Å². The zero-order valence-electron chi connectivity index (χ0n) is 20.0. The summed E-state index contributed by atoms with van der Waals surface area (Å²) in [6.45, 7) is 9.92. The smallest absolute Gasteiger partial charge is 0.245 e. The number of amides is 1. The summed E-state index contributed by atoms with van der Waals surface area (Å²) < 4.78 is 2.09. The van der Waals surface area contributed by atoms with Gasteiger partial charge in [-0.2, -0.15) is 0 Å². The van der Waals surface area contributed by atoms with Gasteiger partial charge in [-0.15, -0.1) is 0 Å². The summed E-state index contributed by atoms with van der Waals surface area (Å²) in [4.78, 5) is 27.7. The Hall–Kier alpha value is -3.43. The second kappa shape index (κ2) is 10.5. The molecule has 1 amide bonds. The number of nitrogens with zero attached hydrogens (tertiary/aromatic N) is 6. The number of aromatic nitrogens is 3. The third-order valence-electron chi connectivity index (χ3n) is 7.04. The van der Waals surface area contributed by atoms with Gasteiger partial charge in [0.05, 0.1) is 19.0 Å². The maximum Gasteiger partial charge on any atom is 0.245 e. The minimum atomic E-state index is -0.0111. The number of β-amino-alcohol motifs (C(OH)–C–C–N with tert-alkyl or cyclic N) is 1. The van der Waals surface area contributed by atoms with Crippen molar-refractivity contribution in [1.29, 1.82) is 0 Å². The molecule has 1 aromatic carbocycles. The molecule has 1 atom stereocenters. The molecule has 35 heavy (non-hydrogen) atoms. The minimum absolute atomic E-state index is 0.0111. The van der Waals surface area contributed by atoms with Crippen molar-refractivity contribution in [2.45, 2.75) is 18.8 Å². The van der Waals surface area contributed by atoms with Gasteiger partial charge in [-0.3, -0.25) is 14.1 Å². The molecule has 2 saturated heterocycles. The number of piperazine rings is 1. The number of carbonyl (C=O) groups is 1. The van der Waals surface area contributed by atoms with Crippen LogP contribution in [0, 0.1) is 0 Å². The Labute approximate surface area is 205 Å². The number of hydrogen-bond acceptors (Lipinski definition) is 7. The summed E-state index contributed by atoms with van der Waals surface area (Å²) in [6, 6.07) is 8.43. The highest BCUT2D eigenvalue weighted by molar-refractivity contribution is 5.87. The monoisotopic (exact) mass is 475 g/mol. The number of hydrogen-bond donors (Lipinski definition) is 2. The van der Waals surface area contributed by atoms with Crippen LogP contribution in [0.25, 0.3) is 5.65 Å². The van der Waals surface area contributed by atoms with Crippen molar-refractivity contribution in [3.8, 4) is 0 Å². The van der Waals surface area contributed by atoms with Crippen LogP contribution in [0.3, 0.4) is 0 Å². The number of aliphatic hydroxyl groups excluding tert-OH is 1.